The number of nitrogens with zero attached hydrogens (tertiary/aromatic N) is 5. The van der Waals surface area contributed by atoms with Gasteiger partial charge in [0.05, 0.1) is 17.0 Å². The van der Waals surface area contributed by atoms with Gasteiger partial charge in [0.2, 0.25) is 10.0 Å². The number of rotatable bonds is 11. The topological polar surface area (TPSA) is 108 Å². The molecule has 0 bridgehead atoms. The molecule has 1 aromatic carbocycles. The van der Waals surface area contributed by atoms with E-state index in [0.717, 1.165) is 77.7 Å². The lowest BCUT2D eigenvalue weighted by Gasteiger charge is -2.54. The largest absolute Gasteiger partial charge is 0.451 e. The summed E-state index contributed by atoms with van der Waals surface area (Å²) in [6, 6.07) is 4.01. The van der Waals surface area contributed by atoms with Gasteiger partial charge >= 0.3 is 0 Å². The van der Waals surface area contributed by atoms with Crippen molar-refractivity contribution in [2.75, 3.05) is 37.6 Å². The SMILES string of the molecule is CC(C)N(C(=O)c1cc(F)ccc1Oc1cncnc1N1CC[C@@H](CN2CC3(CCC(NS(=O)(=O)C4CC4)CC3)C2)C1)C(C)C. The van der Waals surface area contributed by atoms with Crippen LogP contribution >= 0.6 is 0 Å². The molecule has 1 aromatic heterocycles. The second kappa shape index (κ2) is 12.8. The summed E-state index contributed by atoms with van der Waals surface area (Å²) in [5, 5.41) is -0.154. The Labute approximate surface area is 266 Å². The number of anilines is 1. The summed E-state index contributed by atoms with van der Waals surface area (Å²) in [6.45, 7) is 12.6. The summed E-state index contributed by atoms with van der Waals surface area (Å²) in [7, 11) is -3.12. The first-order chi connectivity index (χ1) is 21.4. The number of amides is 1. The minimum atomic E-state index is -3.12. The molecule has 2 aliphatic carbocycles. The molecule has 12 heteroatoms. The zero-order valence-corrected chi connectivity index (χ0v) is 27.7. The van der Waals surface area contributed by atoms with Crippen molar-refractivity contribution in [1.82, 2.24) is 24.5 Å². The molecule has 45 heavy (non-hydrogen) atoms. The van der Waals surface area contributed by atoms with Gasteiger partial charge in [0.1, 0.15) is 17.9 Å². The van der Waals surface area contributed by atoms with Crippen LogP contribution in [0.2, 0.25) is 0 Å². The van der Waals surface area contributed by atoms with E-state index in [1.54, 1.807) is 11.1 Å². The number of carbonyl (C=O) groups is 1. The Bertz CT molecular complexity index is 1480. The number of ether oxygens (including phenoxy) is 1. The molecule has 4 aliphatic rings. The molecular weight excluding hydrogens is 595 g/mol. The van der Waals surface area contributed by atoms with Gasteiger partial charge in [-0.25, -0.2) is 27.5 Å². The van der Waals surface area contributed by atoms with Crippen molar-refractivity contribution in [2.24, 2.45) is 11.3 Å². The molecule has 1 N–H and O–H groups in total. The van der Waals surface area contributed by atoms with Crippen LogP contribution in [0.25, 0.3) is 0 Å². The molecule has 0 unspecified atom stereocenters. The van der Waals surface area contributed by atoms with Crippen molar-refractivity contribution in [3.63, 3.8) is 0 Å². The summed E-state index contributed by atoms with van der Waals surface area (Å²) < 4.78 is 48.3. The number of hydrogen-bond donors (Lipinski definition) is 1. The standard InChI is InChI=1S/C33H47FN6O4S/c1-22(2)40(23(3)4)32(41)28-15-25(34)5-8-29(28)44-30-16-35-21-36-31(30)39-14-11-24(18-39)17-38-19-33(20-38)12-9-26(10-13-33)37-45(42,43)27-6-7-27/h5,8,15-16,21-24,26-27,37H,6-7,9-14,17-20H2,1-4H3/t24-/m0/s1. The summed E-state index contributed by atoms with van der Waals surface area (Å²) in [6.07, 6.45) is 9.79. The molecule has 2 aliphatic heterocycles. The van der Waals surface area contributed by atoms with Crippen LogP contribution in [0.4, 0.5) is 10.2 Å². The molecule has 2 saturated heterocycles. The number of carbonyl (C=O) groups excluding carboxylic acids is 1. The highest BCUT2D eigenvalue weighted by Gasteiger charge is 2.47. The first-order valence-corrected chi connectivity index (χ1v) is 18.1. The minimum absolute atomic E-state index is 0.0603. The van der Waals surface area contributed by atoms with E-state index in [1.165, 1.54) is 24.5 Å². The van der Waals surface area contributed by atoms with Gasteiger partial charge in [-0.05, 0) is 102 Å². The summed E-state index contributed by atoms with van der Waals surface area (Å²) in [4.78, 5) is 28.8. The van der Waals surface area contributed by atoms with Crippen LogP contribution < -0.4 is 14.4 Å². The van der Waals surface area contributed by atoms with Crippen molar-refractivity contribution >= 4 is 21.7 Å². The molecular formula is C33H47FN6O4S. The van der Waals surface area contributed by atoms with Crippen LogP contribution in [0, 0.1) is 17.2 Å². The van der Waals surface area contributed by atoms with E-state index in [-0.39, 0.29) is 40.6 Å². The van der Waals surface area contributed by atoms with Crippen molar-refractivity contribution in [3.05, 3.63) is 42.1 Å². The molecule has 3 heterocycles. The average molecular weight is 643 g/mol. The van der Waals surface area contributed by atoms with Gasteiger partial charge < -0.3 is 19.4 Å². The second-order valence-corrected chi connectivity index (χ2v) is 16.3. The highest BCUT2D eigenvalue weighted by Crippen LogP contribution is 2.45. The van der Waals surface area contributed by atoms with E-state index in [2.05, 4.69) is 24.5 Å². The zero-order chi connectivity index (χ0) is 31.9. The maximum absolute atomic E-state index is 14.4. The lowest BCUT2D eigenvalue weighted by atomic mass is 9.67. The van der Waals surface area contributed by atoms with Crippen molar-refractivity contribution in [2.45, 2.75) is 96.0 Å². The molecule has 10 nitrogen and oxygen atoms in total. The van der Waals surface area contributed by atoms with E-state index in [4.69, 9.17) is 4.74 Å². The van der Waals surface area contributed by atoms with Gasteiger partial charge in [-0.15, -0.1) is 0 Å². The van der Waals surface area contributed by atoms with Crippen LogP contribution in [0.15, 0.2) is 30.7 Å². The minimum Gasteiger partial charge on any atom is -0.451 e. The maximum atomic E-state index is 14.4. The molecule has 2 saturated carbocycles. The third kappa shape index (κ3) is 7.12. The fourth-order valence-corrected chi connectivity index (χ4v) is 9.29. The number of sulfonamides is 1. The zero-order valence-electron chi connectivity index (χ0n) is 26.9. The van der Waals surface area contributed by atoms with Gasteiger partial charge in [-0.1, -0.05) is 0 Å². The Hall–Kier alpha value is -2.83. The van der Waals surface area contributed by atoms with E-state index < -0.39 is 15.8 Å². The predicted molar refractivity (Wildman–Crippen MR) is 171 cm³/mol. The summed E-state index contributed by atoms with van der Waals surface area (Å²) in [5.74, 6) is 1.10. The van der Waals surface area contributed by atoms with Crippen LogP contribution in [-0.4, -0.2) is 90.2 Å². The van der Waals surface area contributed by atoms with Crippen LogP contribution in [0.1, 0.15) is 83.0 Å². The first-order valence-electron chi connectivity index (χ1n) is 16.5. The van der Waals surface area contributed by atoms with Crippen molar-refractivity contribution in [1.29, 1.82) is 0 Å². The van der Waals surface area contributed by atoms with Crippen LogP contribution in [-0.2, 0) is 10.0 Å². The van der Waals surface area contributed by atoms with Crippen molar-refractivity contribution in [3.8, 4) is 11.5 Å². The molecule has 0 radical (unpaired) electrons. The second-order valence-electron chi connectivity index (χ2n) is 14.3. The van der Waals surface area contributed by atoms with E-state index >= 15 is 0 Å². The molecule has 1 amide bonds. The summed E-state index contributed by atoms with van der Waals surface area (Å²) >= 11 is 0. The quantitative estimate of drug-likeness (QED) is 0.372. The smallest absolute Gasteiger partial charge is 0.258 e. The van der Waals surface area contributed by atoms with Crippen LogP contribution in [0.5, 0.6) is 11.5 Å². The molecule has 4 fully saturated rings. The fraction of sp³-hybridized carbons (Fsp3) is 0.667. The Morgan fingerprint density at radius 2 is 1.80 bits per heavy atom. The number of benzene rings is 1. The highest BCUT2D eigenvalue weighted by molar-refractivity contribution is 7.90. The fourth-order valence-electron chi connectivity index (χ4n) is 7.64. The molecule has 6 rings (SSSR count). The maximum Gasteiger partial charge on any atom is 0.258 e. The number of aromatic nitrogens is 2. The monoisotopic (exact) mass is 642 g/mol. The highest BCUT2D eigenvalue weighted by atomic mass is 32.2. The molecule has 1 atom stereocenters. The van der Waals surface area contributed by atoms with E-state index in [9.17, 15) is 17.6 Å². The Kier molecular flexibility index (Phi) is 9.11. The number of halogens is 1. The van der Waals surface area contributed by atoms with Gasteiger partial charge in [0, 0.05) is 50.8 Å². The number of likely N-dealkylation sites (tertiary alicyclic amines) is 1. The molecule has 2 aromatic rings. The average Bonchev–Trinajstić information content (AvgIpc) is 3.74. The molecule has 1 spiro atoms. The predicted octanol–water partition coefficient (Wildman–Crippen LogP) is 4.82. The molecule has 246 valence electrons. The normalized spacial score (nSPS) is 22.3. The van der Waals surface area contributed by atoms with Gasteiger partial charge in [-0.3, -0.25) is 4.79 Å². The van der Waals surface area contributed by atoms with Crippen LogP contribution in [0.3, 0.4) is 0 Å². The van der Waals surface area contributed by atoms with Gasteiger partial charge in [0.15, 0.2) is 11.6 Å². The lowest BCUT2D eigenvalue weighted by molar-refractivity contribution is -0.0386. The van der Waals surface area contributed by atoms with E-state index in [0.29, 0.717) is 22.9 Å². The first kappa shape index (κ1) is 32.1. The summed E-state index contributed by atoms with van der Waals surface area (Å²) in [5.41, 5.74) is 0.506. The van der Waals surface area contributed by atoms with E-state index in [1.807, 2.05) is 27.7 Å². The number of hydrogen-bond acceptors (Lipinski definition) is 8. The number of nitrogens with one attached hydrogen (secondary N) is 1. The van der Waals surface area contributed by atoms with Gasteiger partial charge in [0.25, 0.3) is 5.91 Å². The van der Waals surface area contributed by atoms with Crippen molar-refractivity contribution < 1.29 is 22.3 Å². The third-order valence-electron chi connectivity index (χ3n) is 9.96. The Morgan fingerprint density at radius 3 is 2.47 bits per heavy atom. The third-order valence-corrected chi connectivity index (χ3v) is 12.0. The van der Waals surface area contributed by atoms with Gasteiger partial charge in [-0.2, -0.15) is 0 Å². The lowest BCUT2D eigenvalue weighted by Crippen LogP contribution is -2.59. The Balaban J connectivity index is 1.05. The Morgan fingerprint density at radius 1 is 1.09 bits per heavy atom.